The lowest BCUT2D eigenvalue weighted by Crippen LogP contribution is -1.98. The summed E-state index contributed by atoms with van der Waals surface area (Å²) in [5.41, 5.74) is 1.17. The third kappa shape index (κ3) is 2.30. The molecule has 0 aliphatic rings. The molecule has 2 aromatic carbocycles. The van der Waals surface area contributed by atoms with Gasteiger partial charge in [-0.05, 0) is 23.1 Å². The molecule has 1 aromatic heterocycles. The van der Waals surface area contributed by atoms with Gasteiger partial charge in [-0.25, -0.2) is 0 Å². The molecule has 1 heterocycles. The standard InChI is InChI=1S/C16H14OS/c17-14(10-12-6-2-1-3-7-12)16-11-13-8-4-5-9-15(13)18-16/h1-9,11,14,17H,10H2. The Bertz CT molecular complexity index is 609. The van der Waals surface area contributed by atoms with Crippen molar-refractivity contribution in [1.82, 2.24) is 0 Å². The number of fused-ring (bicyclic) bond motifs is 1. The first-order valence-corrected chi connectivity index (χ1v) is 6.85. The Morgan fingerprint density at radius 1 is 0.944 bits per heavy atom. The average Bonchev–Trinajstić information content (AvgIpc) is 2.84. The summed E-state index contributed by atoms with van der Waals surface area (Å²) in [5.74, 6) is 0. The summed E-state index contributed by atoms with van der Waals surface area (Å²) in [6.45, 7) is 0. The predicted octanol–water partition coefficient (Wildman–Crippen LogP) is 4.18. The molecule has 90 valence electrons. The maximum absolute atomic E-state index is 10.3. The highest BCUT2D eigenvalue weighted by Crippen LogP contribution is 2.31. The molecule has 0 saturated carbocycles. The van der Waals surface area contributed by atoms with E-state index in [9.17, 15) is 5.11 Å². The van der Waals surface area contributed by atoms with Crippen molar-refractivity contribution in [2.45, 2.75) is 12.5 Å². The van der Waals surface area contributed by atoms with E-state index in [-0.39, 0.29) is 0 Å². The van der Waals surface area contributed by atoms with Gasteiger partial charge in [0.1, 0.15) is 0 Å². The van der Waals surface area contributed by atoms with Gasteiger partial charge in [0.2, 0.25) is 0 Å². The fourth-order valence-corrected chi connectivity index (χ4v) is 3.16. The summed E-state index contributed by atoms with van der Waals surface area (Å²) in [4.78, 5) is 1.04. The van der Waals surface area contributed by atoms with Gasteiger partial charge in [-0.1, -0.05) is 48.5 Å². The van der Waals surface area contributed by atoms with E-state index in [1.54, 1.807) is 11.3 Å². The highest BCUT2D eigenvalue weighted by Gasteiger charge is 2.11. The third-order valence-corrected chi connectivity index (χ3v) is 4.26. The highest BCUT2D eigenvalue weighted by atomic mass is 32.1. The Morgan fingerprint density at radius 3 is 2.44 bits per heavy atom. The smallest absolute Gasteiger partial charge is 0.0922 e. The zero-order valence-corrected chi connectivity index (χ0v) is 10.7. The minimum absolute atomic E-state index is 0.412. The number of aliphatic hydroxyl groups excluding tert-OH is 1. The van der Waals surface area contributed by atoms with Gasteiger partial charge in [-0.15, -0.1) is 11.3 Å². The second kappa shape index (κ2) is 4.92. The lowest BCUT2D eigenvalue weighted by atomic mass is 10.1. The van der Waals surface area contributed by atoms with Crippen LogP contribution < -0.4 is 0 Å². The molecule has 0 spiro atoms. The molecule has 2 heteroatoms. The average molecular weight is 254 g/mol. The van der Waals surface area contributed by atoms with Crippen molar-refractivity contribution in [3.63, 3.8) is 0 Å². The zero-order chi connectivity index (χ0) is 12.4. The summed E-state index contributed by atoms with van der Waals surface area (Å²) >= 11 is 1.67. The first-order valence-electron chi connectivity index (χ1n) is 6.03. The zero-order valence-electron chi connectivity index (χ0n) is 9.91. The topological polar surface area (TPSA) is 20.2 Å². The summed E-state index contributed by atoms with van der Waals surface area (Å²) in [6.07, 6.45) is 0.262. The molecule has 3 rings (SSSR count). The summed E-state index contributed by atoms with van der Waals surface area (Å²) in [5, 5.41) is 11.5. The van der Waals surface area contributed by atoms with Crippen LogP contribution in [0, 0.1) is 0 Å². The van der Waals surface area contributed by atoms with Crippen LogP contribution in [0.25, 0.3) is 10.1 Å². The van der Waals surface area contributed by atoms with E-state index in [1.165, 1.54) is 15.6 Å². The van der Waals surface area contributed by atoms with E-state index in [1.807, 2.05) is 30.3 Å². The van der Waals surface area contributed by atoms with Gasteiger partial charge in [-0.2, -0.15) is 0 Å². The number of thiophene rings is 1. The molecule has 1 atom stereocenters. The molecule has 3 aromatic rings. The molecule has 0 saturated heterocycles. The van der Waals surface area contributed by atoms with Crippen LogP contribution in [0.4, 0.5) is 0 Å². The fourth-order valence-electron chi connectivity index (χ4n) is 2.10. The van der Waals surface area contributed by atoms with Crippen LogP contribution in [0.15, 0.2) is 60.7 Å². The van der Waals surface area contributed by atoms with Crippen molar-refractivity contribution in [2.75, 3.05) is 0 Å². The molecule has 0 fully saturated rings. The molecule has 1 unspecified atom stereocenters. The number of aliphatic hydroxyl groups is 1. The summed E-state index contributed by atoms with van der Waals surface area (Å²) in [7, 11) is 0. The molecule has 0 amide bonds. The van der Waals surface area contributed by atoms with E-state index in [2.05, 4.69) is 30.3 Å². The second-order valence-electron chi connectivity index (χ2n) is 4.39. The Balaban J connectivity index is 1.86. The maximum atomic E-state index is 10.3. The lowest BCUT2D eigenvalue weighted by molar-refractivity contribution is 0.182. The number of hydrogen-bond donors (Lipinski definition) is 1. The Morgan fingerprint density at radius 2 is 1.67 bits per heavy atom. The fraction of sp³-hybridized carbons (Fsp3) is 0.125. The molecular formula is C16H14OS. The normalized spacial score (nSPS) is 12.7. The number of hydrogen-bond acceptors (Lipinski definition) is 2. The van der Waals surface area contributed by atoms with Crippen LogP contribution in [0.3, 0.4) is 0 Å². The quantitative estimate of drug-likeness (QED) is 0.743. The third-order valence-electron chi connectivity index (χ3n) is 3.04. The number of rotatable bonds is 3. The molecule has 1 nitrogen and oxygen atoms in total. The summed E-state index contributed by atoms with van der Waals surface area (Å²) < 4.78 is 1.24. The van der Waals surface area contributed by atoms with Crippen LogP contribution >= 0.6 is 11.3 Å². The van der Waals surface area contributed by atoms with Crippen LogP contribution in [0.5, 0.6) is 0 Å². The van der Waals surface area contributed by atoms with Crippen molar-refractivity contribution < 1.29 is 5.11 Å². The van der Waals surface area contributed by atoms with Gasteiger partial charge >= 0.3 is 0 Å². The van der Waals surface area contributed by atoms with Crippen LogP contribution in [-0.2, 0) is 6.42 Å². The Hall–Kier alpha value is -1.64. The van der Waals surface area contributed by atoms with Gasteiger partial charge in [-0.3, -0.25) is 0 Å². The minimum atomic E-state index is -0.412. The van der Waals surface area contributed by atoms with Crippen molar-refractivity contribution in [2.24, 2.45) is 0 Å². The van der Waals surface area contributed by atoms with Gasteiger partial charge in [0.15, 0.2) is 0 Å². The molecule has 0 bridgehead atoms. The first kappa shape index (κ1) is 11.5. The van der Waals surface area contributed by atoms with Crippen molar-refractivity contribution in [3.05, 3.63) is 71.1 Å². The molecule has 0 radical (unpaired) electrons. The first-order chi connectivity index (χ1) is 8.83. The van der Waals surface area contributed by atoms with Gasteiger partial charge in [0.05, 0.1) is 6.10 Å². The van der Waals surface area contributed by atoms with Crippen LogP contribution in [0.2, 0.25) is 0 Å². The Kier molecular flexibility index (Phi) is 3.13. The number of benzene rings is 2. The van der Waals surface area contributed by atoms with E-state index >= 15 is 0 Å². The van der Waals surface area contributed by atoms with Gasteiger partial charge in [0.25, 0.3) is 0 Å². The lowest BCUT2D eigenvalue weighted by Gasteiger charge is -2.07. The SMILES string of the molecule is OC(Cc1ccccc1)c1cc2ccccc2s1. The summed E-state index contributed by atoms with van der Waals surface area (Å²) in [6, 6.07) is 20.5. The monoisotopic (exact) mass is 254 g/mol. The van der Waals surface area contributed by atoms with Crippen molar-refractivity contribution >= 4 is 21.4 Å². The molecule has 0 aliphatic carbocycles. The van der Waals surface area contributed by atoms with E-state index in [0.717, 1.165) is 4.88 Å². The predicted molar refractivity (Wildman–Crippen MR) is 76.9 cm³/mol. The van der Waals surface area contributed by atoms with E-state index in [4.69, 9.17) is 0 Å². The maximum Gasteiger partial charge on any atom is 0.0922 e. The van der Waals surface area contributed by atoms with Gasteiger partial charge < -0.3 is 5.11 Å². The van der Waals surface area contributed by atoms with Crippen LogP contribution in [0.1, 0.15) is 16.5 Å². The van der Waals surface area contributed by atoms with Crippen molar-refractivity contribution in [3.8, 4) is 0 Å². The van der Waals surface area contributed by atoms with Crippen LogP contribution in [-0.4, -0.2) is 5.11 Å². The van der Waals surface area contributed by atoms with E-state index in [0.29, 0.717) is 6.42 Å². The molecule has 0 aliphatic heterocycles. The second-order valence-corrected chi connectivity index (χ2v) is 5.51. The molecule has 18 heavy (non-hydrogen) atoms. The van der Waals surface area contributed by atoms with Gasteiger partial charge in [0, 0.05) is 16.0 Å². The molecule has 1 N–H and O–H groups in total. The van der Waals surface area contributed by atoms with Crippen molar-refractivity contribution in [1.29, 1.82) is 0 Å². The Labute approximate surface area is 110 Å². The largest absolute Gasteiger partial charge is 0.387 e. The molecular weight excluding hydrogens is 240 g/mol. The minimum Gasteiger partial charge on any atom is -0.387 e. The highest BCUT2D eigenvalue weighted by molar-refractivity contribution is 7.19. The van der Waals surface area contributed by atoms with E-state index < -0.39 is 6.10 Å².